The Kier molecular flexibility index (Phi) is 10.4. The van der Waals surface area contributed by atoms with Crippen LogP contribution >= 0.6 is 11.6 Å². The van der Waals surface area contributed by atoms with Crippen LogP contribution in [-0.2, 0) is 19.6 Å². The van der Waals surface area contributed by atoms with E-state index in [0.29, 0.717) is 53.8 Å². The third-order valence-corrected chi connectivity index (χ3v) is 11.7. The van der Waals surface area contributed by atoms with Crippen molar-refractivity contribution in [3.63, 3.8) is 0 Å². The molecule has 0 fully saturated rings. The van der Waals surface area contributed by atoms with Gasteiger partial charge in [0.05, 0.1) is 54.6 Å². The first kappa shape index (κ1) is 36.4. The number of aliphatic imine (C=N–C) groups is 1. The first-order valence-corrected chi connectivity index (χ1v) is 19.3. The summed E-state index contributed by atoms with van der Waals surface area (Å²) in [6, 6.07) is 18.9. The number of fused-ring (bicyclic) bond motifs is 5. The fourth-order valence-corrected chi connectivity index (χ4v) is 8.13. The number of amides is 2. The van der Waals surface area contributed by atoms with Gasteiger partial charge in [-0.15, -0.1) is 11.6 Å². The maximum Gasteiger partial charge on any atom is 0.257 e. The van der Waals surface area contributed by atoms with Crippen LogP contribution in [0.25, 0.3) is 16.3 Å². The fraction of sp³-hybridized carbons (Fsp3) is 0.308. The lowest BCUT2D eigenvalue weighted by atomic mass is 9.94. The van der Waals surface area contributed by atoms with Gasteiger partial charge < -0.3 is 29.1 Å². The topological polar surface area (TPSA) is 147 Å². The molecule has 0 unspecified atom stereocenters. The minimum absolute atomic E-state index is 0.0439. The molecule has 3 heterocycles. The Bertz CT molecular complexity index is 2240. The highest BCUT2D eigenvalue weighted by atomic mass is 35.5. The molecule has 12 nitrogen and oxygen atoms in total. The van der Waals surface area contributed by atoms with Gasteiger partial charge in [-0.25, -0.2) is 13.1 Å². The smallest absolute Gasteiger partial charge is 0.257 e. The number of alkyl halides is 1. The molecule has 53 heavy (non-hydrogen) atoms. The first-order chi connectivity index (χ1) is 25.6. The van der Waals surface area contributed by atoms with Crippen molar-refractivity contribution >= 4 is 67.4 Å². The van der Waals surface area contributed by atoms with Crippen molar-refractivity contribution in [3.8, 4) is 17.2 Å². The van der Waals surface area contributed by atoms with Crippen LogP contribution in [0.15, 0.2) is 82.7 Å². The molecule has 2 atom stereocenters. The summed E-state index contributed by atoms with van der Waals surface area (Å²) in [6.45, 7) is 1.34. The molecule has 276 valence electrons. The minimum Gasteiger partial charge on any atom is -0.507 e. The average molecular weight is 759 g/mol. The summed E-state index contributed by atoms with van der Waals surface area (Å²) in [5.74, 6) is 0.898. The van der Waals surface area contributed by atoms with E-state index in [-0.39, 0.29) is 60.7 Å². The molecule has 14 heteroatoms. The second kappa shape index (κ2) is 15.2. The highest BCUT2D eigenvalue weighted by molar-refractivity contribution is 7.89. The quantitative estimate of drug-likeness (QED) is 0.140. The summed E-state index contributed by atoms with van der Waals surface area (Å²) >= 11 is 6.31. The molecule has 0 saturated heterocycles. The Balaban J connectivity index is 0.953. The van der Waals surface area contributed by atoms with Crippen LogP contribution in [0.2, 0.25) is 0 Å². The molecule has 7 rings (SSSR count). The van der Waals surface area contributed by atoms with Crippen molar-refractivity contribution < 1.29 is 37.3 Å². The van der Waals surface area contributed by atoms with Gasteiger partial charge in [-0.3, -0.25) is 14.6 Å². The van der Waals surface area contributed by atoms with Crippen LogP contribution in [0.4, 0.5) is 11.4 Å². The van der Waals surface area contributed by atoms with E-state index in [1.165, 1.54) is 14.2 Å². The maximum absolute atomic E-state index is 13.7. The SMILES string of the molecule is CNS(=O)(=O)c1ccc(C2=CCN3C(=O)c4cc(OC)c(OCCOCCC(=O)N5C[C@@H](CCl)c6c5cc(O)c5ccccc65)cc4N=C[C@@H]3C2)cc1. The molecule has 2 N–H and O–H groups in total. The molecular formula is C39H39ClN4O8S. The van der Waals surface area contributed by atoms with Gasteiger partial charge in [-0.1, -0.05) is 42.5 Å². The number of anilines is 1. The highest BCUT2D eigenvalue weighted by Gasteiger charge is 2.35. The van der Waals surface area contributed by atoms with E-state index in [1.807, 2.05) is 30.3 Å². The van der Waals surface area contributed by atoms with E-state index in [4.69, 9.17) is 25.8 Å². The molecule has 3 aliphatic heterocycles. The molecule has 0 bridgehead atoms. The molecular weight excluding hydrogens is 720 g/mol. The van der Waals surface area contributed by atoms with Crippen LogP contribution in [0.5, 0.6) is 17.2 Å². The van der Waals surface area contributed by atoms with Gasteiger partial charge in [0.2, 0.25) is 15.9 Å². The lowest BCUT2D eigenvalue weighted by Crippen LogP contribution is -2.43. The number of benzene rings is 4. The summed E-state index contributed by atoms with van der Waals surface area (Å²) in [5, 5.41) is 12.3. The second-order valence-electron chi connectivity index (χ2n) is 12.9. The Hall–Kier alpha value is -4.95. The number of hydrogen-bond donors (Lipinski definition) is 2. The molecule has 4 aromatic rings. The number of phenolic OH excluding ortho intramolecular Hbond substituents is 1. The minimum atomic E-state index is -3.55. The van der Waals surface area contributed by atoms with Crippen LogP contribution in [0.3, 0.4) is 0 Å². The summed E-state index contributed by atoms with van der Waals surface area (Å²) in [7, 11) is -0.673. The summed E-state index contributed by atoms with van der Waals surface area (Å²) in [4.78, 5) is 35.3. The van der Waals surface area contributed by atoms with Gasteiger partial charge in [0.1, 0.15) is 12.4 Å². The van der Waals surface area contributed by atoms with Crippen LogP contribution in [-0.4, -0.2) is 95.4 Å². The van der Waals surface area contributed by atoms with E-state index in [9.17, 15) is 23.1 Å². The standard InChI is InChI=1S/C39H39ClN4O8S/c1-41-53(48,49)28-9-7-24(8-10-28)25-11-13-43-27(17-25)22-42-32-19-36(35(50-2)18-31(32)39(43)47)52-16-15-51-14-12-37(46)44-23-26(21-40)38-30-6-4-3-5-29(30)34(45)20-33(38)44/h3-11,18-20,22,26-27,41,45H,12-17,21,23H2,1-2H3/t26-,27+/m1/s1. The third-order valence-electron chi connectivity index (χ3n) is 9.90. The number of halogens is 1. The molecule has 0 saturated carbocycles. The molecule has 2 amide bonds. The molecule has 0 aliphatic carbocycles. The van der Waals surface area contributed by atoms with Crippen molar-refractivity contribution in [3.05, 3.63) is 89.5 Å². The third kappa shape index (κ3) is 7.09. The van der Waals surface area contributed by atoms with E-state index >= 15 is 0 Å². The molecule has 0 spiro atoms. The van der Waals surface area contributed by atoms with Gasteiger partial charge in [-0.2, -0.15) is 0 Å². The number of sulfonamides is 1. The van der Waals surface area contributed by atoms with Gasteiger partial charge in [-0.05, 0) is 53.8 Å². The number of carbonyl (C=O) groups is 2. The fourth-order valence-electron chi connectivity index (χ4n) is 7.15. The van der Waals surface area contributed by atoms with Crippen LogP contribution in [0.1, 0.15) is 40.2 Å². The molecule has 3 aliphatic rings. The second-order valence-corrected chi connectivity index (χ2v) is 15.1. The normalized spacial score (nSPS) is 17.9. The highest BCUT2D eigenvalue weighted by Crippen LogP contribution is 2.45. The van der Waals surface area contributed by atoms with Crippen molar-refractivity contribution in [1.82, 2.24) is 9.62 Å². The number of phenols is 1. The number of methoxy groups -OCH3 is 1. The summed E-state index contributed by atoms with van der Waals surface area (Å²) in [6.07, 6.45) is 4.38. The number of ether oxygens (including phenoxy) is 3. The Morgan fingerprint density at radius 3 is 2.55 bits per heavy atom. The number of hydrogen-bond acceptors (Lipinski definition) is 9. The van der Waals surface area contributed by atoms with Crippen LogP contribution in [0, 0.1) is 0 Å². The monoisotopic (exact) mass is 758 g/mol. The van der Waals surface area contributed by atoms with Gasteiger partial charge in [0.25, 0.3) is 5.91 Å². The van der Waals surface area contributed by atoms with E-state index in [2.05, 4.69) is 9.71 Å². The predicted molar refractivity (Wildman–Crippen MR) is 204 cm³/mol. The van der Waals surface area contributed by atoms with Crippen molar-refractivity contribution in [2.24, 2.45) is 4.99 Å². The Morgan fingerprint density at radius 2 is 1.81 bits per heavy atom. The van der Waals surface area contributed by atoms with E-state index in [1.54, 1.807) is 58.5 Å². The van der Waals surface area contributed by atoms with Gasteiger partial charge in [0, 0.05) is 48.6 Å². The Morgan fingerprint density at radius 1 is 1.04 bits per heavy atom. The van der Waals surface area contributed by atoms with Crippen molar-refractivity contribution in [2.75, 3.05) is 57.8 Å². The zero-order chi connectivity index (χ0) is 37.3. The van der Waals surface area contributed by atoms with E-state index < -0.39 is 10.0 Å². The summed E-state index contributed by atoms with van der Waals surface area (Å²) in [5.41, 5.74) is 4.37. The number of carbonyl (C=O) groups excluding carboxylic acids is 2. The lowest BCUT2D eigenvalue weighted by molar-refractivity contribution is -0.119. The van der Waals surface area contributed by atoms with Crippen LogP contribution < -0.4 is 19.1 Å². The van der Waals surface area contributed by atoms with Crippen molar-refractivity contribution in [2.45, 2.75) is 29.7 Å². The largest absolute Gasteiger partial charge is 0.507 e. The maximum atomic E-state index is 13.7. The first-order valence-electron chi connectivity index (χ1n) is 17.2. The lowest BCUT2D eigenvalue weighted by Gasteiger charge is -2.32. The number of nitrogens with one attached hydrogen (secondary N) is 1. The van der Waals surface area contributed by atoms with Gasteiger partial charge >= 0.3 is 0 Å². The zero-order valence-corrected chi connectivity index (χ0v) is 30.8. The molecule has 0 radical (unpaired) electrons. The van der Waals surface area contributed by atoms with E-state index in [0.717, 1.165) is 27.5 Å². The predicted octanol–water partition coefficient (Wildman–Crippen LogP) is 5.63. The number of aromatic hydroxyl groups is 1. The van der Waals surface area contributed by atoms with Gasteiger partial charge in [0.15, 0.2) is 11.5 Å². The van der Waals surface area contributed by atoms with Crippen molar-refractivity contribution in [1.29, 1.82) is 0 Å². The zero-order valence-electron chi connectivity index (χ0n) is 29.2. The molecule has 4 aromatic carbocycles. The number of rotatable bonds is 12. The molecule has 0 aromatic heterocycles. The average Bonchev–Trinajstić information content (AvgIpc) is 3.50. The number of nitrogens with zero attached hydrogens (tertiary/aromatic N) is 3. The Labute approximate surface area is 312 Å². The summed E-state index contributed by atoms with van der Waals surface area (Å²) < 4.78 is 43.9.